The van der Waals surface area contributed by atoms with Crippen LogP contribution in [0, 0.1) is 6.92 Å². The van der Waals surface area contributed by atoms with Crippen LogP contribution in [-0.2, 0) is 13.6 Å². The van der Waals surface area contributed by atoms with Crippen LogP contribution in [0.25, 0.3) is 11.0 Å². The second-order valence-electron chi connectivity index (χ2n) is 7.10. The van der Waals surface area contributed by atoms with Crippen LogP contribution in [0.3, 0.4) is 0 Å². The first kappa shape index (κ1) is 18.6. The molecule has 0 bridgehead atoms. The lowest BCUT2D eigenvalue weighted by molar-refractivity contribution is 0.0985. The van der Waals surface area contributed by atoms with Crippen molar-refractivity contribution in [3.05, 3.63) is 64.1 Å². The van der Waals surface area contributed by atoms with Crippen molar-refractivity contribution in [2.45, 2.75) is 13.5 Å². The summed E-state index contributed by atoms with van der Waals surface area (Å²) in [5.41, 5.74) is 2.87. The van der Waals surface area contributed by atoms with Crippen LogP contribution in [0.4, 0.5) is 5.69 Å². The van der Waals surface area contributed by atoms with Crippen LogP contribution in [0.5, 0.6) is 11.5 Å². The van der Waals surface area contributed by atoms with E-state index in [9.17, 15) is 4.79 Å². The number of nitrogens with zero attached hydrogens (tertiary/aromatic N) is 4. The number of pyridine rings is 1. The molecule has 152 valence electrons. The number of carbonyl (C=O) groups is 1. The number of carbonyl (C=O) groups excluding carboxylic acids is 1. The van der Waals surface area contributed by atoms with Gasteiger partial charge < -0.3 is 14.4 Å². The van der Waals surface area contributed by atoms with Crippen LogP contribution in [0.1, 0.15) is 20.9 Å². The number of anilines is 1. The van der Waals surface area contributed by atoms with Gasteiger partial charge >= 0.3 is 0 Å². The Bertz CT molecular complexity index is 1230. The molecule has 1 aliphatic rings. The van der Waals surface area contributed by atoms with Crippen molar-refractivity contribution in [3.8, 4) is 11.5 Å². The summed E-state index contributed by atoms with van der Waals surface area (Å²) in [5.74, 6) is 1.22. The smallest absolute Gasteiger partial charge is 0.260 e. The zero-order valence-electron chi connectivity index (χ0n) is 16.7. The number of thiophene rings is 1. The van der Waals surface area contributed by atoms with Gasteiger partial charge in [0.05, 0.1) is 17.8 Å². The molecule has 0 saturated heterocycles. The van der Waals surface area contributed by atoms with E-state index in [2.05, 4.69) is 10.1 Å². The summed E-state index contributed by atoms with van der Waals surface area (Å²) < 4.78 is 13.1. The summed E-state index contributed by atoms with van der Waals surface area (Å²) in [4.78, 5) is 20.9. The number of ether oxygens (including phenoxy) is 2. The Labute approximate surface area is 177 Å². The lowest BCUT2D eigenvalue weighted by Gasteiger charge is -2.25. The predicted molar refractivity (Wildman–Crippen MR) is 116 cm³/mol. The van der Waals surface area contributed by atoms with E-state index in [0.717, 1.165) is 27.3 Å². The van der Waals surface area contributed by atoms with E-state index >= 15 is 0 Å². The Hall–Kier alpha value is -3.39. The van der Waals surface area contributed by atoms with Crippen molar-refractivity contribution in [3.63, 3.8) is 0 Å². The third-order valence-electron chi connectivity index (χ3n) is 5.09. The normalized spacial score (nSPS) is 12.9. The number of fused-ring (bicyclic) bond motifs is 2. The molecule has 8 heteroatoms. The molecule has 1 aliphatic heterocycles. The molecule has 3 aromatic heterocycles. The molecule has 1 aromatic carbocycles. The second-order valence-corrected chi connectivity index (χ2v) is 8.14. The zero-order valence-corrected chi connectivity index (χ0v) is 17.5. The summed E-state index contributed by atoms with van der Waals surface area (Å²) >= 11 is 1.62. The number of hydrogen-bond donors (Lipinski definition) is 0. The van der Waals surface area contributed by atoms with E-state index < -0.39 is 0 Å². The summed E-state index contributed by atoms with van der Waals surface area (Å²) in [6.07, 6.45) is 1.62. The maximum atomic E-state index is 13.6. The number of amides is 1. The van der Waals surface area contributed by atoms with Gasteiger partial charge in [-0.2, -0.15) is 5.10 Å². The van der Waals surface area contributed by atoms with E-state index in [-0.39, 0.29) is 5.91 Å². The molecule has 0 spiro atoms. The van der Waals surface area contributed by atoms with Crippen molar-refractivity contribution in [1.29, 1.82) is 0 Å². The lowest BCUT2D eigenvalue weighted by atomic mass is 10.1. The summed E-state index contributed by atoms with van der Waals surface area (Å²) in [6.45, 7) is 3.40. The third kappa shape index (κ3) is 3.29. The molecule has 0 fully saturated rings. The van der Waals surface area contributed by atoms with Crippen molar-refractivity contribution in [2.75, 3.05) is 18.1 Å². The van der Waals surface area contributed by atoms with E-state index in [1.54, 1.807) is 27.1 Å². The quantitative estimate of drug-likeness (QED) is 0.500. The first-order chi connectivity index (χ1) is 14.6. The highest BCUT2D eigenvalue weighted by atomic mass is 32.1. The zero-order chi connectivity index (χ0) is 20.7. The number of aryl methyl sites for hydroxylation is 2. The van der Waals surface area contributed by atoms with Gasteiger partial charge in [0.2, 0.25) is 0 Å². The predicted octanol–water partition coefficient (Wildman–Crippen LogP) is 3.96. The molecule has 4 aromatic rings. The van der Waals surface area contributed by atoms with Crippen LogP contribution in [0.15, 0.2) is 48.0 Å². The molecule has 7 nitrogen and oxygen atoms in total. The maximum absolute atomic E-state index is 13.6. The van der Waals surface area contributed by atoms with E-state index in [1.165, 1.54) is 0 Å². The Morgan fingerprint density at radius 1 is 1.20 bits per heavy atom. The Balaban J connectivity index is 1.56. The Kier molecular flexibility index (Phi) is 4.63. The number of benzene rings is 1. The molecule has 0 radical (unpaired) electrons. The number of aromatic nitrogens is 3. The molecule has 0 N–H and O–H groups in total. The molecule has 4 heterocycles. The largest absolute Gasteiger partial charge is 0.486 e. The van der Waals surface area contributed by atoms with Crippen LogP contribution >= 0.6 is 11.3 Å². The average Bonchev–Trinajstić information content (AvgIpc) is 3.39. The van der Waals surface area contributed by atoms with Gasteiger partial charge in [-0.25, -0.2) is 4.98 Å². The van der Waals surface area contributed by atoms with Crippen molar-refractivity contribution in [2.24, 2.45) is 7.05 Å². The molecule has 0 unspecified atom stereocenters. The highest BCUT2D eigenvalue weighted by molar-refractivity contribution is 7.09. The van der Waals surface area contributed by atoms with Gasteiger partial charge in [0.1, 0.15) is 13.2 Å². The molecule has 0 atom stereocenters. The average molecular weight is 420 g/mol. The minimum atomic E-state index is -0.127. The van der Waals surface area contributed by atoms with Crippen molar-refractivity contribution in [1.82, 2.24) is 14.8 Å². The van der Waals surface area contributed by atoms with Crippen LogP contribution in [-0.4, -0.2) is 33.9 Å². The van der Waals surface area contributed by atoms with Gasteiger partial charge in [0.25, 0.3) is 5.91 Å². The standard InChI is InChI=1S/C22H20N4O3S/c1-14-18-10-15(12-23-21(18)25(2)24-14)22(27)26(13-17-4-3-9-30-17)16-5-6-19-20(11-16)29-8-7-28-19/h3-6,9-12H,7-8,13H2,1-2H3. The first-order valence-corrected chi connectivity index (χ1v) is 10.5. The highest BCUT2D eigenvalue weighted by Crippen LogP contribution is 2.35. The molecule has 30 heavy (non-hydrogen) atoms. The summed E-state index contributed by atoms with van der Waals surface area (Å²) in [7, 11) is 1.85. The second kappa shape index (κ2) is 7.46. The van der Waals surface area contributed by atoms with E-state index in [0.29, 0.717) is 36.8 Å². The monoisotopic (exact) mass is 420 g/mol. The Morgan fingerprint density at radius 3 is 2.83 bits per heavy atom. The minimum absolute atomic E-state index is 0.127. The van der Waals surface area contributed by atoms with Gasteiger partial charge in [-0.05, 0) is 36.6 Å². The van der Waals surface area contributed by atoms with Gasteiger partial charge in [-0.1, -0.05) is 6.07 Å². The van der Waals surface area contributed by atoms with Gasteiger partial charge in [0, 0.05) is 35.3 Å². The molecular weight excluding hydrogens is 400 g/mol. The molecular formula is C22H20N4O3S. The first-order valence-electron chi connectivity index (χ1n) is 9.63. The number of rotatable bonds is 4. The fraction of sp³-hybridized carbons (Fsp3) is 0.227. The summed E-state index contributed by atoms with van der Waals surface area (Å²) in [5, 5.41) is 7.29. The van der Waals surface area contributed by atoms with Gasteiger partial charge in [-0.3, -0.25) is 9.48 Å². The Morgan fingerprint density at radius 2 is 2.03 bits per heavy atom. The van der Waals surface area contributed by atoms with Crippen LogP contribution in [0.2, 0.25) is 0 Å². The topological polar surface area (TPSA) is 69.5 Å². The lowest BCUT2D eigenvalue weighted by Crippen LogP contribution is -2.30. The SMILES string of the molecule is Cc1nn(C)c2ncc(C(=O)N(Cc3cccs3)c3ccc4c(c3)OCCO4)cc12. The summed E-state index contributed by atoms with van der Waals surface area (Å²) in [6, 6.07) is 11.5. The van der Waals surface area contributed by atoms with E-state index in [4.69, 9.17) is 9.47 Å². The van der Waals surface area contributed by atoms with Gasteiger partial charge in [-0.15, -0.1) is 11.3 Å². The maximum Gasteiger partial charge on any atom is 0.260 e. The highest BCUT2D eigenvalue weighted by Gasteiger charge is 2.23. The van der Waals surface area contributed by atoms with Gasteiger partial charge in [0.15, 0.2) is 17.1 Å². The molecule has 5 rings (SSSR count). The molecule has 1 amide bonds. The van der Waals surface area contributed by atoms with Crippen molar-refractivity contribution >= 4 is 34.0 Å². The molecule has 0 saturated carbocycles. The fourth-order valence-electron chi connectivity index (χ4n) is 3.62. The van der Waals surface area contributed by atoms with Crippen molar-refractivity contribution < 1.29 is 14.3 Å². The third-order valence-corrected chi connectivity index (χ3v) is 5.95. The van der Waals surface area contributed by atoms with Crippen LogP contribution < -0.4 is 14.4 Å². The fourth-order valence-corrected chi connectivity index (χ4v) is 4.31. The van der Waals surface area contributed by atoms with E-state index in [1.807, 2.05) is 55.7 Å². The molecule has 0 aliphatic carbocycles. The minimum Gasteiger partial charge on any atom is -0.486 e. The number of hydrogen-bond acceptors (Lipinski definition) is 6.